The highest BCUT2D eigenvalue weighted by atomic mass is 16.4. The standard InChI is InChI=1S/C15H26N2O3/c1-10(2)9-16(3)15(20)17-12-4-5-13(17)7-11(6-12)8-14(18)19/h10-13H,4-9H2,1-3H3,(H,18,19). The highest BCUT2D eigenvalue weighted by Gasteiger charge is 2.44. The Morgan fingerprint density at radius 2 is 1.80 bits per heavy atom. The molecule has 2 aliphatic rings. The molecule has 2 atom stereocenters. The van der Waals surface area contributed by atoms with Gasteiger partial charge in [0, 0.05) is 32.1 Å². The molecule has 20 heavy (non-hydrogen) atoms. The molecule has 0 aromatic carbocycles. The lowest BCUT2D eigenvalue weighted by Gasteiger charge is -2.40. The van der Waals surface area contributed by atoms with Gasteiger partial charge in [-0.05, 0) is 37.5 Å². The summed E-state index contributed by atoms with van der Waals surface area (Å²) in [5.41, 5.74) is 0. The van der Waals surface area contributed by atoms with Crippen molar-refractivity contribution in [3.05, 3.63) is 0 Å². The zero-order chi connectivity index (χ0) is 14.9. The molecule has 2 amide bonds. The van der Waals surface area contributed by atoms with E-state index in [1.807, 2.05) is 16.8 Å². The molecule has 5 nitrogen and oxygen atoms in total. The van der Waals surface area contributed by atoms with Crippen LogP contribution in [-0.2, 0) is 4.79 Å². The monoisotopic (exact) mass is 282 g/mol. The molecule has 0 aliphatic carbocycles. The van der Waals surface area contributed by atoms with Crippen molar-refractivity contribution in [3.63, 3.8) is 0 Å². The summed E-state index contributed by atoms with van der Waals surface area (Å²) < 4.78 is 0. The third-order valence-electron chi connectivity index (χ3n) is 4.48. The van der Waals surface area contributed by atoms with Gasteiger partial charge in [-0.2, -0.15) is 0 Å². The Morgan fingerprint density at radius 1 is 1.25 bits per heavy atom. The van der Waals surface area contributed by atoms with Gasteiger partial charge in [-0.15, -0.1) is 0 Å². The molecular formula is C15H26N2O3. The van der Waals surface area contributed by atoms with Gasteiger partial charge >= 0.3 is 12.0 Å². The molecule has 0 saturated carbocycles. The molecule has 114 valence electrons. The van der Waals surface area contributed by atoms with Crippen LogP contribution in [-0.4, -0.2) is 52.6 Å². The van der Waals surface area contributed by atoms with Crippen molar-refractivity contribution in [2.45, 2.75) is 58.0 Å². The van der Waals surface area contributed by atoms with Crippen molar-refractivity contribution < 1.29 is 14.7 Å². The molecule has 2 rings (SSSR count). The lowest BCUT2D eigenvalue weighted by molar-refractivity contribution is -0.138. The van der Waals surface area contributed by atoms with Crippen LogP contribution in [0.5, 0.6) is 0 Å². The number of fused-ring (bicyclic) bond motifs is 2. The number of hydrogen-bond donors (Lipinski definition) is 1. The zero-order valence-corrected chi connectivity index (χ0v) is 12.7. The van der Waals surface area contributed by atoms with Gasteiger partial charge in [-0.25, -0.2) is 4.79 Å². The van der Waals surface area contributed by atoms with Crippen molar-refractivity contribution in [3.8, 4) is 0 Å². The highest BCUT2D eigenvalue weighted by Crippen LogP contribution is 2.40. The normalized spacial score (nSPS) is 28.8. The Bertz CT molecular complexity index is 369. The number of carbonyl (C=O) groups excluding carboxylic acids is 1. The van der Waals surface area contributed by atoms with Crippen LogP contribution in [0.25, 0.3) is 0 Å². The second kappa shape index (κ2) is 6.02. The van der Waals surface area contributed by atoms with Crippen molar-refractivity contribution in [2.24, 2.45) is 11.8 Å². The minimum Gasteiger partial charge on any atom is -0.481 e. The van der Waals surface area contributed by atoms with Gasteiger partial charge in [0.1, 0.15) is 0 Å². The van der Waals surface area contributed by atoms with E-state index in [0.29, 0.717) is 5.92 Å². The van der Waals surface area contributed by atoms with Gasteiger partial charge in [0.05, 0.1) is 0 Å². The average Bonchev–Trinajstić information content (AvgIpc) is 2.58. The Balaban J connectivity index is 1.98. The predicted octanol–water partition coefficient (Wildman–Crippen LogP) is 2.41. The van der Waals surface area contributed by atoms with Gasteiger partial charge in [0.2, 0.25) is 0 Å². The summed E-state index contributed by atoms with van der Waals surface area (Å²) in [6.07, 6.45) is 4.01. The van der Waals surface area contributed by atoms with E-state index in [9.17, 15) is 9.59 Å². The van der Waals surface area contributed by atoms with E-state index in [1.165, 1.54) is 0 Å². The van der Waals surface area contributed by atoms with E-state index in [0.717, 1.165) is 32.2 Å². The number of carboxylic acids is 1. The van der Waals surface area contributed by atoms with Crippen LogP contribution in [0.4, 0.5) is 4.79 Å². The van der Waals surface area contributed by atoms with Gasteiger partial charge in [-0.3, -0.25) is 4.79 Å². The van der Waals surface area contributed by atoms with Crippen LogP contribution in [0.3, 0.4) is 0 Å². The Hall–Kier alpha value is -1.26. The Labute approximate surface area is 120 Å². The molecule has 1 N–H and O–H groups in total. The van der Waals surface area contributed by atoms with Crippen molar-refractivity contribution in [2.75, 3.05) is 13.6 Å². The predicted molar refractivity (Wildman–Crippen MR) is 76.5 cm³/mol. The molecule has 5 heteroatoms. The fraction of sp³-hybridized carbons (Fsp3) is 0.867. The van der Waals surface area contributed by atoms with E-state index in [4.69, 9.17) is 5.11 Å². The Kier molecular flexibility index (Phi) is 4.55. The number of carboxylic acid groups (broad SMARTS) is 1. The topological polar surface area (TPSA) is 60.9 Å². The SMILES string of the molecule is CC(C)CN(C)C(=O)N1C2CCC1CC(CC(=O)O)C2. The van der Waals surface area contributed by atoms with Gasteiger partial charge < -0.3 is 14.9 Å². The van der Waals surface area contributed by atoms with Crippen LogP contribution in [0, 0.1) is 11.8 Å². The first-order valence-corrected chi connectivity index (χ1v) is 7.63. The molecular weight excluding hydrogens is 256 g/mol. The second-order valence-electron chi connectivity index (χ2n) is 6.78. The van der Waals surface area contributed by atoms with E-state index < -0.39 is 5.97 Å². The fourth-order valence-electron chi connectivity index (χ4n) is 3.84. The number of urea groups is 1. The maximum absolute atomic E-state index is 12.6. The summed E-state index contributed by atoms with van der Waals surface area (Å²) in [4.78, 5) is 27.3. The number of amides is 2. The number of nitrogens with zero attached hydrogens (tertiary/aromatic N) is 2. The van der Waals surface area contributed by atoms with Crippen molar-refractivity contribution in [1.29, 1.82) is 0 Å². The van der Waals surface area contributed by atoms with Gasteiger partial charge in [0.25, 0.3) is 0 Å². The summed E-state index contributed by atoms with van der Waals surface area (Å²) in [5.74, 6) is -0.0123. The molecule has 0 aromatic heterocycles. The minimum atomic E-state index is -0.717. The molecule has 0 radical (unpaired) electrons. The summed E-state index contributed by atoms with van der Waals surface area (Å²) in [5, 5.41) is 8.93. The first-order valence-electron chi connectivity index (χ1n) is 7.63. The third-order valence-corrected chi connectivity index (χ3v) is 4.48. The highest BCUT2D eigenvalue weighted by molar-refractivity contribution is 5.75. The number of hydrogen-bond acceptors (Lipinski definition) is 2. The van der Waals surface area contributed by atoms with Crippen LogP contribution >= 0.6 is 0 Å². The first kappa shape index (κ1) is 15.1. The van der Waals surface area contributed by atoms with E-state index in [-0.39, 0.29) is 30.5 Å². The maximum Gasteiger partial charge on any atom is 0.320 e. The number of piperidine rings is 1. The zero-order valence-electron chi connectivity index (χ0n) is 12.7. The van der Waals surface area contributed by atoms with Crippen LogP contribution in [0.2, 0.25) is 0 Å². The summed E-state index contributed by atoms with van der Waals surface area (Å²) >= 11 is 0. The van der Waals surface area contributed by atoms with Crippen LogP contribution in [0.1, 0.15) is 46.0 Å². The second-order valence-corrected chi connectivity index (χ2v) is 6.78. The summed E-state index contributed by atoms with van der Waals surface area (Å²) in [6, 6.07) is 0.625. The molecule has 0 aromatic rings. The quantitative estimate of drug-likeness (QED) is 0.861. The van der Waals surface area contributed by atoms with Crippen molar-refractivity contribution in [1.82, 2.24) is 9.80 Å². The number of carbonyl (C=O) groups is 2. The number of aliphatic carboxylic acids is 1. The minimum absolute atomic E-state index is 0.125. The van der Waals surface area contributed by atoms with E-state index in [1.54, 1.807) is 0 Å². The largest absolute Gasteiger partial charge is 0.481 e. The van der Waals surface area contributed by atoms with Gasteiger partial charge in [0.15, 0.2) is 0 Å². The fourth-order valence-corrected chi connectivity index (χ4v) is 3.84. The molecule has 0 spiro atoms. The Morgan fingerprint density at radius 3 is 2.25 bits per heavy atom. The molecule has 2 bridgehead atoms. The molecule has 2 aliphatic heterocycles. The lowest BCUT2D eigenvalue weighted by Crippen LogP contribution is -2.52. The van der Waals surface area contributed by atoms with Gasteiger partial charge in [-0.1, -0.05) is 13.8 Å². The third kappa shape index (κ3) is 3.25. The molecule has 2 saturated heterocycles. The van der Waals surface area contributed by atoms with Crippen LogP contribution in [0.15, 0.2) is 0 Å². The smallest absolute Gasteiger partial charge is 0.320 e. The first-order chi connectivity index (χ1) is 9.38. The van der Waals surface area contributed by atoms with Crippen LogP contribution < -0.4 is 0 Å². The van der Waals surface area contributed by atoms with E-state index in [2.05, 4.69) is 13.8 Å². The molecule has 2 heterocycles. The maximum atomic E-state index is 12.6. The summed E-state index contributed by atoms with van der Waals surface area (Å²) in [7, 11) is 1.87. The molecule has 2 unspecified atom stereocenters. The summed E-state index contributed by atoms with van der Waals surface area (Å²) in [6.45, 7) is 4.99. The molecule has 2 fully saturated rings. The number of rotatable bonds is 4. The average molecular weight is 282 g/mol. The van der Waals surface area contributed by atoms with Crippen molar-refractivity contribution >= 4 is 12.0 Å². The lowest BCUT2D eigenvalue weighted by atomic mass is 9.88. The van der Waals surface area contributed by atoms with E-state index >= 15 is 0 Å².